The van der Waals surface area contributed by atoms with Gasteiger partial charge in [0.15, 0.2) is 0 Å². The van der Waals surface area contributed by atoms with E-state index < -0.39 is 0 Å². The number of hydrogen-bond donors (Lipinski definition) is 2. The van der Waals surface area contributed by atoms with Crippen molar-refractivity contribution in [1.29, 1.82) is 0 Å². The fourth-order valence-electron chi connectivity index (χ4n) is 3.01. The lowest BCUT2D eigenvalue weighted by atomic mass is 9.87. The summed E-state index contributed by atoms with van der Waals surface area (Å²) < 4.78 is 6.20. The van der Waals surface area contributed by atoms with E-state index in [9.17, 15) is 0 Å². The predicted octanol–water partition coefficient (Wildman–Crippen LogP) is 2.77. The molecule has 1 aromatic heterocycles. The number of aromatic amines is 1. The number of nitrogens with one attached hydrogen (secondary N) is 1. The van der Waals surface area contributed by atoms with E-state index in [4.69, 9.17) is 10.5 Å². The van der Waals surface area contributed by atoms with E-state index >= 15 is 0 Å². The zero-order valence-electron chi connectivity index (χ0n) is 11.4. The summed E-state index contributed by atoms with van der Waals surface area (Å²) in [5, 5.41) is 8.21. The van der Waals surface area contributed by atoms with Crippen molar-refractivity contribution in [2.75, 3.05) is 6.54 Å². The Hall–Kier alpha value is -1.55. The molecule has 4 nitrogen and oxygen atoms in total. The van der Waals surface area contributed by atoms with Crippen LogP contribution in [0, 0.1) is 12.8 Å². The monoisotopic (exact) mass is 259 g/mol. The second-order valence-corrected chi connectivity index (χ2v) is 5.53. The van der Waals surface area contributed by atoms with Crippen molar-refractivity contribution in [3.63, 3.8) is 0 Å². The van der Waals surface area contributed by atoms with Crippen molar-refractivity contribution in [3.05, 3.63) is 23.9 Å². The van der Waals surface area contributed by atoms with Crippen LogP contribution < -0.4 is 10.5 Å². The van der Waals surface area contributed by atoms with E-state index in [1.165, 1.54) is 18.4 Å². The van der Waals surface area contributed by atoms with Gasteiger partial charge < -0.3 is 10.5 Å². The molecule has 0 amide bonds. The zero-order chi connectivity index (χ0) is 13.2. The fourth-order valence-corrected chi connectivity index (χ4v) is 3.01. The maximum absolute atomic E-state index is 6.20. The Labute approximate surface area is 113 Å². The van der Waals surface area contributed by atoms with E-state index in [0.717, 1.165) is 36.0 Å². The first-order valence-electron chi connectivity index (χ1n) is 7.07. The number of benzene rings is 1. The van der Waals surface area contributed by atoms with Gasteiger partial charge >= 0.3 is 0 Å². The Bertz CT molecular complexity index is 564. The highest BCUT2D eigenvalue weighted by Gasteiger charge is 2.23. The Kier molecular flexibility index (Phi) is 3.42. The number of nitrogens with two attached hydrogens (primary N) is 1. The maximum atomic E-state index is 6.20. The number of aromatic nitrogens is 2. The van der Waals surface area contributed by atoms with Crippen LogP contribution in [-0.4, -0.2) is 22.8 Å². The molecule has 3 N–H and O–H groups in total. The molecule has 4 heteroatoms. The molecule has 1 heterocycles. The van der Waals surface area contributed by atoms with Gasteiger partial charge in [-0.1, -0.05) is 0 Å². The minimum Gasteiger partial charge on any atom is -0.490 e. The lowest BCUT2D eigenvalue weighted by Gasteiger charge is -2.29. The lowest BCUT2D eigenvalue weighted by Crippen LogP contribution is -2.29. The van der Waals surface area contributed by atoms with Gasteiger partial charge in [0.05, 0.1) is 17.8 Å². The van der Waals surface area contributed by atoms with Gasteiger partial charge in [-0.2, -0.15) is 5.10 Å². The van der Waals surface area contributed by atoms with Crippen molar-refractivity contribution in [3.8, 4) is 5.75 Å². The molecule has 0 spiro atoms. The fraction of sp³-hybridized carbons (Fsp3) is 0.533. The van der Waals surface area contributed by atoms with E-state index in [1.807, 2.05) is 18.3 Å². The Morgan fingerprint density at radius 2 is 2.32 bits per heavy atom. The number of H-pyrrole nitrogens is 1. The molecule has 1 aliphatic rings. The average molecular weight is 259 g/mol. The number of aryl methyl sites for hydroxylation is 1. The second-order valence-electron chi connectivity index (χ2n) is 5.53. The molecule has 0 radical (unpaired) electrons. The van der Waals surface area contributed by atoms with Crippen molar-refractivity contribution in [1.82, 2.24) is 10.2 Å². The third kappa shape index (κ3) is 2.45. The van der Waals surface area contributed by atoms with Crippen LogP contribution in [-0.2, 0) is 0 Å². The third-order valence-electron chi connectivity index (χ3n) is 4.21. The molecule has 2 atom stereocenters. The van der Waals surface area contributed by atoms with Crippen molar-refractivity contribution in [2.45, 2.75) is 38.7 Å². The first-order valence-corrected chi connectivity index (χ1v) is 7.07. The number of nitrogens with zero attached hydrogens (tertiary/aromatic N) is 1. The summed E-state index contributed by atoms with van der Waals surface area (Å²) in [7, 11) is 0. The first-order chi connectivity index (χ1) is 9.28. The third-order valence-corrected chi connectivity index (χ3v) is 4.21. The molecule has 3 rings (SSSR count). The Morgan fingerprint density at radius 3 is 3.16 bits per heavy atom. The van der Waals surface area contributed by atoms with Gasteiger partial charge in [-0.05, 0) is 57.2 Å². The molecule has 1 fully saturated rings. The van der Waals surface area contributed by atoms with Crippen LogP contribution in [0.1, 0.15) is 31.2 Å². The molecule has 1 aliphatic carbocycles. The normalized spacial score (nSPS) is 23.7. The molecule has 1 aromatic carbocycles. The molecule has 0 bridgehead atoms. The Morgan fingerprint density at radius 1 is 1.42 bits per heavy atom. The number of rotatable bonds is 3. The predicted molar refractivity (Wildman–Crippen MR) is 76.3 cm³/mol. The minimum atomic E-state index is 0.311. The number of fused-ring (bicyclic) bond motifs is 1. The molecule has 0 unspecified atom stereocenters. The molecule has 1 saturated carbocycles. The van der Waals surface area contributed by atoms with Gasteiger partial charge in [0, 0.05) is 10.9 Å². The molecular formula is C15H21N3O. The van der Waals surface area contributed by atoms with Crippen molar-refractivity contribution >= 4 is 10.9 Å². The first kappa shape index (κ1) is 12.5. The van der Waals surface area contributed by atoms with Crippen LogP contribution in [0.3, 0.4) is 0 Å². The Balaban J connectivity index is 1.79. The quantitative estimate of drug-likeness (QED) is 0.890. The summed E-state index contributed by atoms with van der Waals surface area (Å²) in [6.07, 6.45) is 6.86. The number of ether oxygens (including phenoxy) is 1. The van der Waals surface area contributed by atoms with Crippen molar-refractivity contribution < 1.29 is 4.74 Å². The van der Waals surface area contributed by atoms with Gasteiger partial charge in [-0.3, -0.25) is 5.10 Å². The molecular weight excluding hydrogens is 238 g/mol. The number of hydrogen-bond acceptors (Lipinski definition) is 3. The summed E-state index contributed by atoms with van der Waals surface area (Å²) >= 11 is 0. The van der Waals surface area contributed by atoms with Crippen LogP contribution in [0.4, 0.5) is 0 Å². The molecule has 102 valence electrons. The van der Waals surface area contributed by atoms with E-state index in [1.54, 1.807) is 0 Å². The van der Waals surface area contributed by atoms with Crippen molar-refractivity contribution in [2.24, 2.45) is 11.7 Å². The highest BCUT2D eigenvalue weighted by Crippen LogP contribution is 2.31. The van der Waals surface area contributed by atoms with E-state index in [0.29, 0.717) is 12.0 Å². The SMILES string of the molecule is Cc1c(O[C@@H]2CCC[C@@H](CN)C2)ccc2[nH]ncc12. The van der Waals surface area contributed by atoms with Crippen LogP contribution in [0.5, 0.6) is 5.75 Å². The second kappa shape index (κ2) is 5.21. The minimum absolute atomic E-state index is 0.311. The van der Waals surface area contributed by atoms with Gasteiger partial charge in [0.2, 0.25) is 0 Å². The van der Waals surface area contributed by atoms with Gasteiger partial charge in [-0.25, -0.2) is 0 Å². The van der Waals surface area contributed by atoms with Crippen LogP contribution in [0.15, 0.2) is 18.3 Å². The standard InChI is InChI=1S/C15H21N3O/c1-10-13-9-17-18-14(13)5-6-15(10)19-12-4-2-3-11(7-12)8-16/h5-6,9,11-12H,2-4,7-8,16H2,1H3,(H,17,18)/t11-,12-/m1/s1. The molecule has 2 aromatic rings. The van der Waals surface area contributed by atoms with Crippen LogP contribution in [0.2, 0.25) is 0 Å². The van der Waals surface area contributed by atoms with Gasteiger partial charge in [0.1, 0.15) is 5.75 Å². The summed E-state index contributed by atoms with van der Waals surface area (Å²) in [6.45, 7) is 2.87. The smallest absolute Gasteiger partial charge is 0.123 e. The maximum Gasteiger partial charge on any atom is 0.123 e. The average Bonchev–Trinajstić information content (AvgIpc) is 2.91. The largest absolute Gasteiger partial charge is 0.490 e. The molecule has 0 aliphatic heterocycles. The highest BCUT2D eigenvalue weighted by molar-refractivity contribution is 5.83. The van der Waals surface area contributed by atoms with E-state index in [-0.39, 0.29) is 0 Å². The summed E-state index contributed by atoms with van der Waals surface area (Å²) in [6, 6.07) is 4.08. The van der Waals surface area contributed by atoms with Crippen LogP contribution in [0.25, 0.3) is 10.9 Å². The van der Waals surface area contributed by atoms with E-state index in [2.05, 4.69) is 17.1 Å². The molecule has 19 heavy (non-hydrogen) atoms. The topological polar surface area (TPSA) is 63.9 Å². The van der Waals surface area contributed by atoms with Crippen LogP contribution >= 0.6 is 0 Å². The highest BCUT2D eigenvalue weighted by atomic mass is 16.5. The lowest BCUT2D eigenvalue weighted by molar-refractivity contribution is 0.125. The summed E-state index contributed by atoms with van der Waals surface area (Å²) in [5.74, 6) is 1.60. The van der Waals surface area contributed by atoms with Gasteiger partial charge in [0.25, 0.3) is 0 Å². The summed E-state index contributed by atoms with van der Waals surface area (Å²) in [4.78, 5) is 0. The van der Waals surface area contributed by atoms with Gasteiger partial charge in [-0.15, -0.1) is 0 Å². The molecule has 0 saturated heterocycles. The zero-order valence-corrected chi connectivity index (χ0v) is 11.4. The summed E-state index contributed by atoms with van der Waals surface area (Å²) in [5.41, 5.74) is 8.01.